The van der Waals surface area contributed by atoms with Crippen molar-refractivity contribution in [3.8, 4) is 0 Å². The first-order chi connectivity index (χ1) is 11.7. The van der Waals surface area contributed by atoms with Crippen LogP contribution in [0.2, 0.25) is 0 Å². The van der Waals surface area contributed by atoms with Gasteiger partial charge in [-0.25, -0.2) is 0 Å². The summed E-state index contributed by atoms with van der Waals surface area (Å²) in [5.74, 6) is 0.795. The normalized spacial score (nSPS) is 14.8. The summed E-state index contributed by atoms with van der Waals surface area (Å²) in [4.78, 5) is 15.1. The summed E-state index contributed by atoms with van der Waals surface area (Å²) in [5, 5.41) is 0. The molecule has 0 saturated carbocycles. The van der Waals surface area contributed by atoms with Gasteiger partial charge in [-0.05, 0) is 23.3 Å². The summed E-state index contributed by atoms with van der Waals surface area (Å²) in [6, 6.07) is 16.4. The van der Waals surface area contributed by atoms with E-state index in [4.69, 9.17) is 10.5 Å². The third-order valence-electron chi connectivity index (χ3n) is 4.20. The molecule has 1 unspecified atom stereocenters. The lowest BCUT2D eigenvalue weighted by Crippen LogP contribution is -2.29. The van der Waals surface area contributed by atoms with Crippen LogP contribution in [0.15, 0.2) is 53.4 Å². The van der Waals surface area contributed by atoms with E-state index in [1.807, 2.05) is 23.9 Å². The molecule has 2 N–H and O–H groups in total. The van der Waals surface area contributed by atoms with Gasteiger partial charge in [0.25, 0.3) is 0 Å². The molecule has 5 heteroatoms. The maximum Gasteiger partial charge on any atom is 0.307 e. The summed E-state index contributed by atoms with van der Waals surface area (Å²) in [5.41, 5.74) is 9.64. The number of anilines is 1. The first kappa shape index (κ1) is 16.9. The summed E-state index contributed by atoms with van der Waals surface area (Å²) >= 11 is 1.87. The average Bonchev–Trinajstić information content (AvgIpc) is 2.62. The quantitative estimate of drug-likeness (QED) is 0.845. The van der Waals surface area contributed by atoms with Crippen LogP contribution in [0, 0.1) is 0 Å². The van der Waals surface area contributed by atoms with Gasteiger partial charge in [0.1, 0.15) is 0 Å². The van der Waals surface area contributed by atoms with Crippen molar-refractivity contribution in [2.75, 3.05) is 24.3 Å². The van der Waals surface area contributed by atoms with Crippen LogP contribution < -0.4 is 10.6 Å². The van der Waals surface area contributed by atoms with Crippen LogP contribution in [0.1, 0.15) is 23.6 Å². The van der Waals surface area contributed by atoms with Crippen LogP contribution in [-0.2, 0) is 16.1 Å². The van der Waals surface area contributed by atoms with Crippen LogP contribution in [-0.4, -0.2) is 25.4 Å². The zero-order chi connectivity index (χ0) is 16.9. The number of carbonyl (C=O) groups excluding carboxylic acids is 1. The molecule has 3 rings (SSSR count). The number of nitrogens with two attached hydrogens (primary N) is 1. The number of esters is 1. The smallest absolute Gasteiger partial charge is 0.307 e. The van der Waals surface area contributed by atoms with Crippen LogP contribution in [0.25, 0.3) is 0 Å². The Labute approximate surface area is 147 Å². The van der Waals surface area contributed by atoms with Gasteiger partial charge in [-0.3, -0.25) is 4.79 Å². The van der Waals surface area contributed by atoms with Gasteiger partial charge in [0.15, 0.2) is 0 Å². The molecule has 0 aromatic heterocycles. The van der Waals surface area contributed by atoms with Crippen molar-refractivity contribution in [1.29, 1.82) is 0 Å². The Morgan fingerprint density at radius 2 is 2.08 bits per heavy atom. The standard InChI is InChI=1S/C19H22N2O2S/c1-23-19(22)12-16(20)15-7-8-18-17(11-15)21(9-10-24-18)13-14-5-3-2-4-6-14/h2-8,11,16H,9-10,12-13,20H2,1H3. The molecule has 0 saturated heterocycles. The number of carbonyl (C=O) groups is 1. The number of methoxy groups -OCH3 is 1. The second-order valence-electron chi connectivity index (χ2n) is 5.87. The molecule has 1 heterocycles. The van der Waals surface area contributed by atoms with Gasteiger partial charge in [0, 0.05) is 29.8 Å². The number of nitrogens with zero attached hydrogens (tertiary/aromatic N) is 1. The molecule has 24 heavy (non-hydrogen) atoms. The van der Waals surface area contributed by atoms with E-state index in [9.17, 15) is 4.79 Å². The van der Waals surface area contributed by atoms with Crippen LogP contribution in [0.4, 0.5) is 5.69 Å². The van der Waals surface area contributed by atoms with E-state index < -0.39 is 0 Å². The molecular formula is C19H22N2O2S. The van der Waals surface area contributed by atoms with Crippen molar-refractivity contribution >= 4 is 23.4 Å². The highest BCUT2D eigenvalue weighted by molar-refractivity contribution is 7.99. The Hall–Kier alpha value is -1.98. The van der Waals surface area contributed by atoms with Gasteiger partial charge in [0.2, 0.25) is 0 Å². The van der Waals surface area contributed by atoms with Crippen molar-refractivity contribution < 1.29 is 9.53 Å². The highest BCUT2D eigenvalue weighted by atomic mass is 32.2. The number of rotatable bonds is 5. The monoisotopic (exact) mass is 342 g/mol. The molecule has 4 nitrogen and oxygen atoms in total. The zero-order valence-electron chi connectivity index (χ0n) is 13.8. The van der Waals surface area contributed by atoms with Crippen molar-refractivity contribution in [3.05, 3.63) is 59.7 Å². The summed E-state index contributed by atoms with van der Waals surface area (Å²) in [6.07, 6.45) is 0.196. The molecule has 0 radical (unpaired) electrons. The molecule has 1 aliphatic heterocycles. The summed E-state index contributed by atoms with van der Waals surface area (Å²) in [7, 11) is 1.39. The fourth-order valence-corrected chi connectivity index (χ4v) is 3.90. The number of ether oxygens (including phenoxy) is 1. The number of fused-ring (bicyclic) bond motifs is 1. The van der Waals surface area contributed by atoms with Gasteiger partial charge in [-0.2, -0.15) is 0 Å². The first-order valence-electron chi connectivity index (χ1n) is 8.05. The van der Waals surface area contributed by atoms with Gasteiger partial charge >= 0.3 is 5.97 Å². The maximum atomic E-state index is 11.5. The van der Waals surface area contributed by atoms with E-state index in [1.54, 1.807) is 0 Å². The minimum atomic E-state index is -0.340. The minimum absolute atomic E-state index is 0.196. The van der Waals surface area contributed by atoms with E-state index in [0.29, 0.717) is 0 Å². The molecule has 0 spiro atoms. The molecule has 2 aromatic carbocycles. The highest BCUT2D eigenvalue weighted by Gasteiger charge is 2.20. The van der Waals surface area contributed by atoms with Gasteiger partial charge < -0.3 is 15.4 Å². The van der Waals surface area contributed by atoms with Crippen LogP contribution in [0.5, 0.6) is 0 Å². The van der Waals surface area contributed by atoms with Crippen LogP contribution >= 0.6 is 11.8 Å². The Morgan fingerprint density at radius 3 is 2.83 bits per heavy atom. The van der Waals surface area contributed by atoms with Gasteiger partial charge in [-0.1, -0.05) is 36.4 Å². The van der Waals surface area contributed by atoms with E-state index in [0.717, 1.165) is 24.4 Å². The second kappa shape index (κ2) is 7.73. The van der Waals surface area contributed by atoms with Crippen molar-refractivity contribution in [3.63, 3.8) is 0 Å². The fourth-order valence-electron chi connectivity index (χ4n) is 2.87. The SMILES string of the molecule is COC(=O)CC(N)c1ccc2c(c1)N(Cc1ccccc1)CCS2. The molecule has 1 aliphatic rings. The van der Waals surface area contributed by atoms with E-state index >= 15 is 0 Å². The fraction of sp³-hybridized carbons (Fsp3) is 0.316. The Kier molecular flexibility index (Phi) is 5.43. The number of hydrogen-bond acceptors (Lipinski definition) is 5. The van der Waals surface area contributed by atoms with E-state index in [-0.39, 0.29) is 18.4 Å². The predicted molar refractivity (Wildman–Crippen MR) is 98.2 cm³/mol. The first-order valence-corrected chi connectivity index (χ1v) is 9.04. The van der Waals surface area contributed by atoms with Crippen molar-refractivity contribution in [2.24, 2.45) is 5.73 Å². The van der Waals surface area contributed by atoms with Gasteiger partial charge in [0.05, 0.1) is 19.2 Å². The molecule has 0 bridgehead atoms. The lowest BCUT2D eigenvalue weighted by molar-refractivity contribution is -0.141. The third-order valence-corrected chi connectivity index (χ3v) is 5.24. The number of hydrogen-bond donors (Lipinski definition) is 1. The second-order valence-corrected chi connectivity index (χ2v) is 7.01. The largest absolute Gasteiger partial charge is 0.469 e. The molecule has 126 valence electrons. The highest BCUT2D eigenvalue weighted by Crippen LogP contribution is 2.37. The van der Waals surface area contributed by atoms with Crippen molar-refractivity contribution in [1.82, 2.24) is 0 Å². The van der Waals surface area contributed by atoms with Crippen molar-refractivity contribution in [2.45, 2.75) is 23.9 Å². The molecular weight excluding hydrogens is 320 g/mol. The molecule has 0 fully saturated rings. The number of thioether (sulfide) groups is 1. The minimum Gasteiger partial charge on any atom is -0.469 e. The summed E-state index contributed by atoms with van der Waals surface area (Å²) < 4.78 is 4.72. The van der Waals surface area contributed by atoms with E-state index in [1.165, 1.54) is 23.3 Å². The molecule has 1 atom stereocenters. The Balaban J connectivity index is 1.82. The third kappa shape index (κ3) is 3.91. The zero-order valence-corrected chi connectivity index (χ0v) is 14.6. The topological polar surface area (TPSA) is 55.6 Å². The Bertz CT molecular complexity index is 706. The van der Waals surface area contributed by atoms with Crippen LogP contribution in [0.3, 0.4) is 0 Å². The summed E-state index contributed by atoms with van der Waals surface area (Å²) in [6.45, 7) is 1.88. The predicted octanol–water partition coefficient (Wildman–Crippen LogP) is 3.36. The molecule has 2 aromatic rings. The van der Waals surface area contributed by atoms with E-state index in [2.05, 4.69) is 41.3 Å². The maximum absolute atomic E-state index is 11.5. The Morgan fingerprint density at radius 1 is 1.29 bits per heavy atom. The lowest BCUT2D eigenvalue weighted by Gasteiger charge is -2.32. The van der Waals surface area contributed by atoms with Gasteiger partial charge in [-0.15, -0.1) is 11.8 Å². The number of benzene rings is 2. The lowest BCUT2D eigenvalue weighted by atomic mass is 10.0. The molecule has 0 aliphatic carbocycles. The molecule has 0 amide bonds. The average molecular weight is 342 g/mol.